The maximum Gasteiger partial charge on any atom is 0.338 e. The Kier molecular flexibility index (Phi) is 3.44. The summed E-state index contributed by atoms with van der Waals surface area (Å²) in [5, 5.41) is 0. The number of benzene rings is 1. The quantitative estimate of drug-likeness (QED) is 0.611. The second-order valence-corrected chi connectivity index (χ2v) is 5.39. The fourth-order valence-electron chi connectivity index (χ4n) is 1.74. The van der Waals surface area contributed by atoms with Gasteiger partial charge in [-0.05, 0) is 45.0 Å². The predicted molar refractivity (Wildman–Crippen MR) is 73.2 cm³/mol. The van der Waals surface area contributed by atoms with Crippen LogP contribution in [-0.2, 0) is 14.3 Å². The Morgan fingerprint density at radius 1 is 1.00 bits per heavy atom. The zero-order valence-corrected chi connectivity index (χ0v) is 11.5. The fourth-order valence-corrected chi connectivity index (χ4v) is 1.74. The van der Waals surface area contributed by atoms with Crippen LogP contribution in [0.3, 0.4) is 0 Å². The van der Waals surface area contributed by atoms with Gasteiger partial charge in [-0.15, -0.1) is 0 Å². The molecule has 1 aromatic rings. The molecule has 0 aliphatic carbocycles. The summed E-state index contributed by atoms with van der Waals surface area (Å²) < 4.78 is 5.23. The smallest absolute Gasteiger partial charge is 0.338 e. The van der Waals surface area contributed by atoms with Gasteiger partial charge in [-0.2, -0.15) is 0 Å². The van der Waals surface area contributed by atoms with Gasteiger partial charge in [-0.25, -0.2) is 9.69 Å². The summed E-state index contributed by atoms with van der Waals surface area (Å²) >= 11 is 0. The predicted octanol–water partition coefficient (Wildman–Crippen LogP) is 2.07. The summed E-state index contributed by atoms with van der Waals surface area (Å²) in [5.74, 6) is -1.22. The van der Waals surface area contributed by atoms with E-state index in [0.717, 1.165) is 4.90 Å². The molecule has 5 heteroatoms. The highest BCUT2D eigenvalue weighted by Crippen LogP contribution is 2.20. The maximum absolute atomic E-state index is 11.8. The Morgan fingerprint density at radius 2 is 1.50 bits per heavy atom. The Balaban J connectivity index is 2.17. The normalized spacial score (nSPS) is 14.8. The highest BCUT2D eigenvalue weighted by atomic mass is 16.6. The van der Waals surface area contributed by atoms with E-state index in [4.69, 9.17) is 4.74 Å². The molecule has 5 nitrogen and oxygen atoms in total. The van der Waals surface area contributed by atoms with Crippen molar-refractivity contribution < 1.29 is 19.1 Å². The molecule has 0 unspecified atom stereocenters. The Morgan fingerprint density at radius 3 is 1.95 bits per heavy atom. The summed E-state index contributed by atoms with van der Waals surface area (Å²) in [7, 11) is 0. The summed E-state index contributed by atoms with van der Waals surface area (Å²) in [6.07, 6.45) is 2.42. The zero-order chi connectivity index (χ0) is 14.9. The van der Waals surface area contributed by atoms with Crippen molar-refractivity contribution in [3.05, 3.63) is 42.0 Å². The minimum absolute atomic E-state index is 0.371. The molecule has 1 aliphatic heterocycles. The number of anilines is 1. The Bertz CT molecular complexity index is 575. The van der Waals surface area contributed by atoms with E-state index in [1.54, 1.807) is 32.9 Å². The van der Waals surface area contributed by atoms with Gasteiger partial charge in [0.15, 0.2) is 0 Å². The number of esters is 1. The first-order valence-electron chi connectivity index (χ1n) is 6.17. The molecule has 1 aromatic carbocycles. The van der Waals surface area contributed by atoms with Crippen molar-refractivity contribution in [2.24, 2.45) is 0 Å². The summed E-state index contributed by atoms with van der Waals surface area (Å²) in [6.45, 7) is 5.35. The number of nitrogens with zero attached hydrogens (tertiary/aromatic N) is 1. The number of carbonyl (C=O) groups is 3. The highest BCUT2D eigenvalue weighted by Gasteiger charge is 2.25. The van der Waals surface area contributed by atoms with E-state index >= 15 is 0 Å². The van der Waals surface area contributed by atoms with Crippen molar-refractivity contribution in [3.63, 3.8) is 0 Å². The van der Waals surface area contributed by atoms with Crippen molar-refractivity contribution in [1.82, 2.24) is 0 Å². The molecule has 0 bridgehead atoms. The van der Waals surface area contributed by atoms with Crippen LogP contribution >= 0.6 is 0 Å². The highest BCUT2D eigenvalue weighted by molar-refractivity contribution is 6.28. The number of hydrogen-bond donors (Lipinski definition) is 0. The minimum Gasteiger partial charge on any atom is -0.456 e. The lowest BCUT2D eigenvalue weighted by molar-refractivity contribution is -0.119. The largest absolute Gasteiger partial charge is 0.456 e. The number of carbonyl (C=O) groups excluding carboxylic acids is 3. The van der Waals surface area contributed by atoms with Crippen molar-refractivity contribution >= 4 is 23.5 Å². The molecule has 0 saturated heterocycles. The standard InChI is InChI=1S/C15H15NO4/c1-15(2,3)20-14(19)10-4-6-11(7-5-10)16-12(17)8-9-13(16)18/h4-9H,1-3H3. The van der Waals surface area contributed by atoms with Gasteiger partial charge in [0.05, 0.1) is 11.3 Å². The number of hydrogen-bond acceptors (Lipinski definition) is 4. The SMILES string of the molecule is CC(C)(C)OC(=O)c1ccc(N2C(=O)C=CC2=O)cc1. The van der Waals surface area contributed by atoms with Crippen molar-refractivity contribution in [1.29, 1.82) is 0 Å². The van der Waals surface area contributed by atoms with Crippen LogP contribution in [0.5, 0.6) is 0 Å². The molecule has 0 fully saturated rings. The van der Waals surface area contributed by atoms with Crippen molar-refractivity contribution in [2.45, 2.75) is 26.4 Å². The number of imide groups is 1. The summed E-state index contributed by atoms with van der Waals surface area (Å²) in [4.78, 5) is 35.9. The van der Waals surface area contributed by atoms with Crippen LogP contribution in [0.25, 0.3) is 0 Å². The summed E-state index contributed by atoms with van der Waals surface area (Å²) in [5.41, 5.74) is 0.230. The molecule has 2 rings (SSSR count). The molecule has 1 aliphatic rings. The topological polar surface area (TPSA) is 63.7 Å². The lowest BCUT2D eigenvalue weighted by atomic mass is 10.1. The monoisotopic (exact) mass is 273 g/mol. The first-order valence-corrected chi connectivity index (χ1v) is 6.17. The van der Waals surface area contributed by atoms with E-state index in [9.17, 15) is 14.4 Å². The third-order valence-electron chi connectivity index (χ3n) is 2.57. The van der Waals surface area contributed by atoms with Crippen LogP contribution in [0.2, 0.25) is 0 Å². The average molecular weight is 273 g/mol. The van der Waals surface area contributed by atoms with Gasteiger partial charge in [0.2, 0.25) is 0 Å². The molecule has 0 aromatic heterocycles. The van der Waals surface area contributed by atoms with Gasteiger partial charge in [0.25, 0.3) is 11.8 Å². The summed E-state index contributed by atoms with van der Waals surface area (Å²) in [6, 6.07) is 6.15. The van der Waals surface area contributed by atoms with E-state index < -0.39 is 11.6 Å². The lowest BCUT2D eigenvalue weighted by Gasteiger charge is -2.20. The van der Waals surface area contributed by atoms with Crippen molar-refractivity contribution in [2.75, 3.05) is 4.90 Å². The number of ether oxygens (including phenoxy) is 1. The first-order chi connectivity index (χ1) is 9.28. The second kappa shape index (κ2) is 4.92. The van der Waals surface area contributed by atoms with Crippen LogP contribution in [0.4, 0.5) is 5.69 Å². The second-order valence-electron chi connectivity index (χ2n) is 5.39. The lowest BCUT2D eigenvalue weighted by Crippen LogP contribution is -2.29. The molecule has 0 N–H and O–H groups in total. The van der Waals surface area contributed by atoms with Gasteiger partial charge in [-0.3, -0.25) is 9.59 Å². The molecule has 2 amide bonds. The molecular formula is C15H15NO4. The van der Waals surface area contributed by atoms with Gasteiger partial charge in [-0.1, -0.05) is 0 Å². The molecule has 1 heterocycles. The molecule has 0 spiro atoms. The molecule has 0 atom stereocenters. The fraction of sp³-hybridized carbons (Fsp3) is 0.267. The van der Waals surface area contributed by atoms with Crippen LogP contribution < -0.4 is 4.90 Å². The molecule has 0 saturated carbocycles. The Hall–Kier alpha value is -2.43. The van der Waals surface area contributed by atoms with Gasteiger partial charge in [0.1, 0.15) is 5.60 Å². The number of rotatable bonds is 2. The van der Waals surface area contributed by atoms with Gasteiger partial charge in [0, 0.05) is 12.2 Å². The van der Waals surface area contributed by atoms with E-state index in [1.807, 2.05) is 0 Å². The first kappa shape index (κ1) is 14.0. The zero-order valence-electron chi connectivity index (χ0n) is 11.5. The number of amides is 2. The van der Waals surface area contributed by atoms with E-state index in [0.29, 0.717) is 11.3 Å². The van der Waals surface area contributed by atoms with Crippen LogP contribution in [0.1, 0.15) is 31.1 Å². The molecule has 20 heavy (non-hydrogen) atoms. The minimum atomic E-state index is -0.569. The molecule has 104 valence electrons. The van der Waals surface area contributed by atoms with Gasteiger partial charge >= 0.3 is 5.97 Å². The van der Waals surface area contributed by atoms with E-state index in [2.05, 4.69) is 0 Å². The third-order valence-corrected chi connectivity index (χ3v) is 2.57. The van der Waals surface area contributed by atoms with Crippen LogP contribution in [0.15, 0.2) is 36.4 Å². The molecule has 0 radical (unpaired) electrons. The van der Waals surface area contributed by atoms with Crippen molar-refractivity contribution in [3.8, 4) is 0 Å². The van der Waals surface area contributed by atoms with Crippen LogP contribution in [-0.4, -0.2) is 23.4 Å². The van der Waals surface area contributed by atoms with Gasteiger partial charge < -0.3 is 4.74 Å². The Labute approximate surface area is 116 Å². The van der Waals surface area contributed by atoms with E-state index in [1.165, 1.54) is 24.3 Å². The van der Waals surface area contributed by atoms with E-state index in [-0.39, 0.29) is 11.8 Å². The van der Waals surface area contributed by atoms with Crippen LogP contribution in [0, 0.1) is 0 Å². The average Bonchev–Trinajstić information content (AvgIpc) is 2.67. The molecular weight excluding hydrogens is 258 g/mol. The maximum atomic E-state index is 11.8. The third kappa shape index (κ3) is 2.93.